The second kappa shape index (κ2) is 51.4. The molecule has 0 amide bonds. The summed E-state index contributed by atoms with van der Waals surface area (Å²) in [5.74, 6) is 13.6. The van der Waals surface area contributed by atoms with Gasteiger partial charge in [0.1, 0.15) is 11.6 Å². The lowest BCUT2D eigenvalue weighted by atomic mass is 9.89. The first kappa shape index (κ1) is 89.2. The highest BCUT2D eigenvalue weighted by Gasteiger charge is 2.18. The molecule has 21 heteroatoms. The van der Waals surface area contributed by atoms with Crippen LogP contribution in [0.2, 0.25) is 0 Å². The van der Waals surface area contributed by atoms with Crippen LogP contribution in [0.25, 0.3) is 0 Å². The largest absolute Gasteiger partial charge is 0.425 e. The standard InChI is InChI=1S/3C8H11N.2C8H16O.C7H10N2.C7H11NO.C6H11N3.3C6H10N2O/c1-7(2)8-3-5-9-6-4-8;1-7(2)8-4-3-5-9-6-8;1-7(2)8-5-3-4-6-9-8;1-7(2)8-3-5-9-6-4-8;1-7(2)8-4-3-5-9-6-8;1-6(2)7-8-4-3-5-9-7;1-5(2)7-4-6(3)9-8-7;1-5(2)6-4-7-9(3)8-6;1-4(2)6-8-7-5(3)9-6;1-4(2)6-7-5(3)9-8-6;1-4(2)6-7-5(3)8-9-6/h3*3-7H,1-2H3;2*7-8H,3-6H2,1-2H3;3-6H,1-2H3;2*4-5H,1-3H3;3*4H,1-3H3. The third-order valence-electron chi connectivity index (χ3n) is 15.0. The van der Waals surface area contributed by atoms with Crippen molar-refractivity contribution in [2.45, 2.75) is 259 Å². The predicted molar refractivity (Wildman–Crippen MR) is 398 cm³/mol. The molecule has 21 nitrogen and oxygen atoms in total. The number of rotatable bonds is 11. The summed E-state index contributed by atoms with van der Waals surface area (Å²) in [6, 6.07) is 17.9. The first-order valence-corrected chi connectivity index (χ1v) is 35.7. The van der Waals surface area contributed by atoms with Crippen LogP contribution in [-0.4, -0.2) is 102 Å². The summed E-state index contributed by atoms with van der Waals surface area (Å²) < 4.78 is 30.2. The van der Waals surface area contributed by atoms with Crippen molar-refractivity contribution in [3.05, 3.63) is 179 Å². The Hall–Kier alpha value is -7.78. The van der Waals surface area contributed by atoms with E-state index in [0.717, 1.165) is 84.6 Å². The van der Waals surface area contributed by atoms with Gasteiger partial charge in [-0.2, -0.15) is 25.0 Å². The van der Waals surface area contributed by atoms with E-state index in [1.54, 1.807) is 43.4 Å². The van der Waals surface area contributed by atoms with Gasteiger partial charge in [-0.3, -0.25) is 15.0 Å². The van der Waals surface area contributed by atoms with Crippen molar-refractivity contribution < 1.29 is 27.5 Å². The lowest BCUT2D eigenvalue weighted by Gasteiger charge is -2.24. The Balaban J connectivity index is 0.000000544. The van der Waals surface area contributed by atoms with Gasteiger partial charge in [0, 0.05) is 126 Å². The molecule has 550 valence electrons. The second-order valence-corrected chi connectivity index (χ2v) is 27.9. The molecule has 0 radical (unpaired) electrons. The molecule has 0 spiro atoms. The lowest BCUT2D eigenvalue weighted by Crippen LogP contribution is -2.21. The van der Waals surface area contributed by atoms with Crippen LogP contribution in [0.15, 0.2) is 122 Å². The Morgan fingerprint density at radius 2 is 1.02 bits per heavy atom. The minimum absolute atomic E-state index is 0.339. The Morgan fingerprint density at radius 1 is 0.424 bits per heavy atom. The number of aryl methyl sites for hydroxylation is 5. The third kappa shape index (κ3) is 42.1. The Morgan fingerprint density at radius 3 is 1.30 bits per heavy atom. The SMILES string of the molecule is CC(C)C1CCCOC1.CC(C)C1CCOCC1.CC(C)c1ccccn1.CC(C)c1cccnc1.CC(C)c1ccncc1.CC(C)c1cnn(C)n1.CC(C)c1ncccn1.Cc1cc(C(C)C)no1.Cc1nc(C(C)C)no1.Cc1nnc(C(C)C)o1.Cc1noc(C(C)C)n1. The van der Waals surface area contributed by atoms with Crippen LogP contribution in [0.1, 0.15) is 306 Å². The average Bonchev–Trinajstić information content (AvgIpc) is 1.88. The summed E-state index contributed by atoms with van der Waals surface area (Å²) in [4.78, 5) is 29.9. The van der Waals surface area contributed by atoms with Gasteiger partial charge in [-0.15, -0.1) is 10.2 Å². The maximum Gasteiger partial charge on any atom is 0.229 e. The van der Waals surface area contributed by atoms with Crippen LogP contribution in [-0.2, 0) is 16.5 Å². The van der Waals surface area contributed by atoms with Crippen LogP contribution < -0.4 is 0 Å². The average molecular weight is 1370 g/mol. The summed E-state index contributed by atoms with van der Waals surface area (Å²) in [5, 5.41) is 26.8. The number of pyridine rings is 3. The first-order valence-electron chi connectivity index (χ1n) is 35.7. The minimum Gasteiger partial charge on any atom is -0.425 e. The topological polar surface area (TPSA) is 256 Å². The Kier molecular flexibility index (Phi) is 46.3. The van der Waals surface area contributed by atoms with E-state index >= 15 is 0 Å². The lowest BCUT2D eigenvalue weighted by molar-refractivity contribution is 0.0373. The first-order chi connectivity index (χ1) is 46.8. The van der Waals surface area contributed by atoms with Crippen LogP contribution >= 0.6 is 0 Å². The maximum atomic E-state index is 5.34. The van der Waals surface area contributed by atoms with E-state index in [4.69, 9.17) is 27.5 Å². The monoisotopic (exact) mass is 1370 g/mol. The minimum atomic E-state index is 0.339. The van der Waals surface area contributed by atoms with Gasteiger partial charge in [0.05, 0.1) is 17.6 Å². The van der Waals surface area contributed by atoms with E-state index < -0.39 is 0 Å². The van der Waals surface area contributed by atoms with E-state index in [1.807, 2.05) is 136 Å². The third-order valence-corrected chi connectivity index (χ3v) is 15.0. The van der Waals surface area contributed by atoms with Gasteiger partial charge >= 0.3 is 0 Å². The summed E-state index contributed by atoms with van der Waals surface area (Å²) in [6.45, 7) is 58.1. The fourth-order valence-electron chi connectivity index (χ4n) is 8.39. The maximum absolute atomic E-state index is 5.34. The normalized spacial score (nSPS) is 13.3. The van der Waals surface area contributed by atoms with Crippen molar-refractivity contribution in [2.75, 3.05) is 26.4 Å². The highest BCUT2D eigenvalue weighted by molar-refractivity contribution is 5.14. The second-order valence-electron chi connectivity index (χ2n) is 27.9. The molecule has 0 aliphatic carbocycles. The number of ether oxygens (including phenoxy) is 2. The highest BCUT2D eigenvalue weighted by atomic mass is 16.5. The molecular formula is C78H127N15O6. The van der Waals surface area contributed by atoms with Crippen LogP contribution in [0, 0.1) is 51.4 Å². The van der Waals surface area contributed by atoms with Crippen LogP contribution in [0.4, 0.5) is 0 Å². The summed E-state index contributed by atoms with van der Waals surface area (Å²) >= 11 is 0. The fraction of sp³-hybridized carbons (Fsp3) is 0.615. The smallest absolute Gasteiger partial charge is 0.229 e. The van der Waals surface area contributed by atoms with Gasteiger partial charge in [0.15, 0.2) is 11.6 Å². The molecule has 11 rings (SSSR count). The molecule has 2 saturated heterocycles. The molecule has 0 bridgehead atoms. The van der Waals surface area contributed by atoms with Crippen molar-refractivity contribution in [1.82, 2.24) is 75.5 Å². The zero-order valence-electron chi connectivity index (χ0n) is 65.6. The quantitative estimate of drug-likeness (QED) is 0.117. The molecule has 2 aliphatic rings. The van der Waals surface area contributed by atoms with E-state index in [1.165, 1.54) is 36.8 Å². The van der Waals surface area contributed by atoms with Gasteiger partial charge in [-0.05, 0) is 140 Å². The molecule has 0 saturated carbocycles. The van der Waals surface area contributed by atoms with E-state index in [9.17, 15) is 0 Å². The molecule has 0 N–H and O–H groups in total. The summed E-state index contributed by atoms with van der Waals surface area (Å²) in [5.41, 5.74) is 5.91. The van der Waals surface area contributed by atoms with E-state index in [0.29, 0.717) is 82.6 Å². The van der Waals surface area contributed by atoms with Gasteiger partial charge in [-0.25, -0.2) is 9.97 Å². The fourth-order valence-corrected chi connectivity index (χ4v) is 8.39. The number of hydrogen-bond acceptors (Lipinski definition) is 20. The Bertz CT molecular complexity index is 2840. The van der Waals surface area contributed by atoms with Gasteiger partial charge < -0.3 is 27.5 Å². The van der Waals surface area contributed by atoms with Crippen molar-refractivity contribution in [3.63, 3.8) is 0 Å². The van der Waals surface area contributed by atoms with E-state index in [2.05, 4.69) is 188 Å². The van der Waals surface area contributed by atoms with Crippen LogP contribution in [0.3, 0.4) is 0 Å². The number of hydrogen-bond donors (Lipinski definition) is 0. The molecule has 9 aromatic rings. The molecule has 11 heterocycles. The number of nitrogens with zero attached hydrogens (tertiary/aromatic N) is 15. The molecule has 1 unspecified atom stereocenters. The molecule has 99 heavy (non-hydrogen) atoms. The van der Waals surface area contributed by atoms with Crippen LogP contribution in [0.5, 0.6) is 0 Å². The zero-order valence-corrected chi connectivity index (χ0v) is 65.6. The molecule has 2 aliphatic heterocycles. The Labute approximate surface area is 595 Å². The van der Waals surface area contributed by atoms with Crippen molar-refractivity contribution in [3.8, 4) is 0 Å². The molecule has 9 aromatic heterocycles. The highest BCUT2D eigenvalue weighted by Crippen LogP contribution is 2.23. The van der Waals surface area contributed by atoms with Gasteiger partial charge in [0.25, 0.3) is 0 Å². The molecule has 1 atom stereocenters. The van der Waals surface area contributed by atoms with Crippen molar-refractivity contribution in [1.29, 1.82) is 0 Å². The molecule has 2 fully saturated rings. The van der Waals surface area contributed by atoms with Crippen molar-refractivity contribution in [2.24, 2.45) is 30.7 Å². The summed E-state index contributed by atoms with van der Waals surface area (Å²) in [7, 11) is 1.83. The predicted octanol–water partition coefficient (Wildman–Crippen LogP) is 19.9. The van der Waals surface area contributed by atoms with Gasteiger partial charge in [0.2, 0.25) is 23.6 Å². The summed E-state index contributed by atoms with van der Waals surface area (Å²) in [6.07, 6.45) is 19.7. The van der Waals surface area contributed by atoms with Gasteiger partial charge in [-0.1, -0.05) is 180 Å². The van der Waals surface area contributed by atoms with Crippen molar-refractivity contribution >= 4 is 0 Å². The number of aromatic nitrogens is 15. The van der Waals surface area contributed by atoms with E-state index in [-0.39, 0.29) is 0 Å². The zero-order chi connectivity index (χ0) is 74.4. The molecular weight excluding hydrogens is 1240 g/mol. The molecule has 0 aromatic carbocycles.